The van der Waals surface area contributed by atoms with E-state index in [0.717, 1.165) is 114 Å². The summed E-state index contributed by atoms with van der Waals surface area (Å²) >= 11 is 0. The minimum absolute atomic E-state index is 0.00139. The Balaban J connectivity index is 0.928. The number of hydrogen-bond donors (Lipinski definition) is 1. The minimum Gasteiger partial charge on any atom is -0.466 e. The van der Waals surface area contributed by atoms with Crippen LogP contribution in [0.25, 0.3) is 11.2 Å². The van der Waals surface area contributed by atoms with Crippen molar-refractivity contribution in [3.8, 4) is 0 Å². The van der Waals surface area contributed by atoms with E-state index in [9.17, 15) is 9.59 Å². The van der Waals surface area contributed by atoms with Gasteiger partial charge in [0.25, 0.3) is 0 Å². The van der Waals surface area contributed by atoms with Crippen LogP contribution in [0.5, 0.6) is 0 Å². The zero-order valence-corrected chi connectivity index (χ0v) is 54.7. The summed E-state index contributed by atoms with van der Waals surface area (Å²) in [4.78, 5) is 38.7. The molecule has 11 aromatic rings. The fourth-order valence-corrected chi connectivity index (χ4v) is 13.8. The van der Waals surface area contributed by atoms with Crippen LogP contribution in [-0.4, -0.2) is 69.4 Å². The van der Waals surface area contributed by atoms with Crippen LogP contribution < -0.4 is 5.32 Å². The van der Waals surface area contributed by atoms with Gasteiger partial charge in [-0.3, -0.25) is 9.36 Å². The Labute approximate surface area is 564 Å². The second kappa shape index (κ2) is 32.6. The van der Waals surface area contributed by atoms with E-state index in [2.05, 4.69) is 224 Å². The highest BCUT2D eigenvalue weighted by atomic mass is 16.6. The molecule has 9 aromatic carbocycles. The number of nitrogens with one attached hydrogen (secondary N) is 1. The lowest BCUT2D eigenvalue weighted by molar-refractivity contribution is -0.144. The Hall–Kier alpha value is -9.69. The van der Waals surface area contributed by atoms with Crippen molar-refractivity contribution < 1.29 is 33.3 Å². The third-order valence-electron chi connectivity index (χ3n) is 18.5. The molecule has 4 atom stereocenters. The highest BCUT2D eigenvalue weighted by molar-refractivity contribution is 5.84. The van der Waals surface area contributed by atoms with Crippen LogP contribution >= 0.6 is 0 Å². The fourth-order valence-electron chi connectivity index (χ4n) is 13.8. The van der Waals surface area contributed by atoms with E-state index in [1.54, 1.807) is 6.33 Å². The molecule has 0 aliphatic carbocycles. The van der Waals surface area contributed by atoms with Gasteiger partial charge in [-0.15, -0.1) is 0 Å². The van der Waals surface area contributed by atoms with Gasteiger partial charge in [0, 0.05) is 13.0 Å². The van der Waals surface area contributed by atoms with Crippen LogP contribution in [0.15, 0.2) is 286 Å². The van der Waals surface area contributed by atoms with Crippen LogP contribution in [0.1, 0.15) is 140 Å². The van der Waals surface area contributed by atoms with Crippen LogP contribution in [0, 0.1) is 0 Å². The summed E-state index contributed by atoms with van der Waals surface area (Å²) in [7, 11) is 0. The van der Waals surface area contributed by atoms with Gasteiger partial charge in [-0.25, -0.2) is 15.0 Å². The molecule has 12 rings (SSSR count). The van der Waals surface area contributed by atoms with E-state index in [0.29, 0.717) is 30.2 Å². The average Bonchev–Trinajstić information content (AvgIpc) is 1.19. The number of unbranched alkanes of at least 4 members (excludes halogenated alkanes) is 9. The number of esters is 1. The van der Waals surface area contributed by atoms with Crippen molar-refractivity contribution in [1.82, 2.24) is 19.5 Å². The van der Waals surface area contributed by atoms with Crippen molar-refractivity contribution in [2.45, 2.75) is 125 Å². The Bertz CT molecular complexity index is 3850. The van der Waals surface area contributed by atoms with Crippen molar-refractivity contribution in [3.63, 3.8) is 0 Å². The number of Topliss-reactive ketones (excluding diaryl/α,β-unsaturated/α-hetero) is 1. The van der Waals surface area contributed by atoms with Gasteiger partial charge in [-0.05, 0) is 69.8 Å². The molecule has 1 fully saturated rings. The predicted molar refractivity (Wildman–Crippen MR) is 378 cm³/mol. The first-order chi connectivity index (χ1) is 47.4. The van der Waals surface area contributed by atoms with Gasteiger partial charge in [-0.1, -0.05) is 324 Å². The molecule has 1 aliphatic heterocycles. The van der Waals surface area contributed by atoms with Crippen LogP contribution in [0.2, 0.25) is 0 Å². The molecule has 1 saturated heterocycles. The molecule has 12 nitrogen and oxygen atoms in total. The van der Waals surface area contributed by atoms with E-state index in [-0.39, 0.29) is 31.2 Å². The molecule has 488 valence electrons. The first kappa shape index (κ1) is 66.3. The van der Waals surface area contributed by atoms with E-state index < -0.39 is 41.3 Å². The average molecular weight is 1280 g/mol. The van der Waals surface area contributed by atoms with E-state index in [1.807, 2.05) is 65.5 Å². The zero-order chi connectivity index (χ0) is 65.7. The Kier molecular flexibility index (Phi) is 22.6. The lowest BCUT2D eigenvalue weighted by Gasteiger charge is -2.40. The first-order valence-corrected chi connectivity index (χ1v) is 34.1. The third kappa shape index (κ3) is 15.0. The summed E-state index contributed by atoms with van der Waals surface area (Å²) in [6.45, 7) is 2.43. The number of imidazole rings is 1. The van der Waals surface area contributed by atoms with Gasteiger partial charge in [0.2, 0.25) is 0 Å². The number of carbonyl (C=O) groups is 2. The van der Waals surface area contributed by atoms with Crippen molar-refractivity contribution in [2.24, 2.45) is 0 Å². The Morgan fingerprint density at radius 3 is 1.22 bits per heavy atom. The van der Waals surface area contributed by atoms with Gasteiger partial charge in [0.1, 0.15) is 47.2 Å². The molecular weight excluding hydrogens is 1190 g/mol. The van der Waals surface area contributed by atoms with Gasteiger partial charge in [-0.2, -0.15) is 0 Å². The molecule has 2 aromatic heterocycles. The lowest BCUT2D eigenvalue weighted by atomic mass is 9.77. The molecule has 3 heterocycles. The van der Waals surface area contributed by atoms with Gasteiger partial charge < -0.3 is 33.8 Å². The van der Waals surface area contributed by atoms with Crippen LogP contribution in [0.3, 0.4) is 0 Å². The number of hydrogen-bond acceptors (Lipinski definition) is 11. The molecule has 0 bridgehead atoms. The molecule has 0 amide bonds. The minimum atomic E-state index is -1.21. The first-order valence-electron chi connectivity index (χ1n) is 34.1. The highest BCUT2D eigenvalue weighted by Crippen LogP contribution is 2.49. The summed E-state index contributed by atoms with van der Waals surface area (Å²) in [5.41, 5.74) is 6.62. The number of anilines is 1. The molecular formula is C84H85N5O7. The molecule has 0 spiro atoms. The number of fused-ring (bicyclic) bond motifs is 1. The van der Waals surface area contributed by atoms with Crippen LogP contribution in [-0.2, 0) is 50.0 Å². The molecule has 0 saturated carbocycles. The Morgan fingerprint density at radius 2 is 0.812 bits per heavy atom. The number of ether oxygens (including phenoxy) is 5. The molecule has 12 heteroatoms. The molecule has 1 aliphatic rings. The number of rotatable bonds is 34. The maximum absolute atomic E-state index is 12.0. The quantitative estimate of drug-likeness (QED) is 0.0234. The maximum atomic E-state index is 12.0. The van der Waals surface area contributed by atoms with Crippen molar-refractivity contribution >= 4 is 28.7 Å². The molecule has 0 unspecified atom stereocenters. The smallest absolute Gasteiger partial charge is 0.306 e. The van der Waals surface area contributed by atoms with Gasteiger partial charge in [0.15, 0.2) is 23.2 Å². The standard InChI is InChI=1S/C84H85N5O7/c1-64(90)57-58-75(91)92-59-37-8-6-4-2-3-5-7-9-38-60-93-77-74(61-94-83(68-45-25-13-26-46-68,69-47-27-14-28-48-69)70-49-29-15-30-50-70)95-81(78(77)96-84(71-51-31-16-32-52-71,72-53-33-17-34-54-72)73-55-35-18-36-56-73)89-63-87-76-79(85-62-86-80(76)89)88-82(65-39-19-10-20-40-65,66-41-21-11-22-42-66)67-43-23-12-24-44-67/h10-36,39-56,62-63,74,77-78,81H,2-9,37-38,57-61H2,1H3,(H,85,86,88)/t74-,77-,78-,81-/m1/s1. The van der Waals surface area contributed by atoms with Gasteiger partial charge in [0.05, 0.1) is 26.0 Å². The maximum Gasteiger partial charge on any atom is 0.306 e. The van der Waals surface area contributed by atoms with Gasteiger partial charge >= 0.3 is 5.97 Å². The number of carbonyl (C=O) groups excluding carboxylic acids is 2. The third-order valence-corrected chi connectivity index (χ3v) is 18.5. The lowest BCUT2D eigenvalue weighted by Crippen LogP contribution is -2.46. The number of ketones is 1. The van der Waals surface area contributed by atoms with E-state index in [4.69, 9.17) is 38.6 Å². The molecule has 0 radical (unpaired) electrons. The van der Waals surface area contributed by atoms with Crippen molar-refractivity contribution in [1.29, 1.82) is 0 Å². The monoisotopic (exact) mass is 1280 g/mol. The largest absolute Gasteiger partial charge is 0.466 e. The normalized spacial score (nSPS) is 15.7. The van der Waals surface area contributed by atoms with Crippen LogP contribution in [0.4, 0.5) is 5.82 Å². The summed E-state index contributed by atoms with van der Waals surface area (Å²) in [5, 5.41) is 4.02. The number of nitrogens with zero attached hydrogens (tertiary/aromatic N) is 4. The van der Waals surface area contributed by atoms with Crippen molar-refractivity contribution in [3.05, 3.63) is 336 Å². The zero-order valence-electron chi connectivity index (χ0n) is 54.7. The molecule has 96 heavy (non-hydrogen) atoms. The second-order valence-corrected chi connectivity index (χ2v) is 24.8. The second-order valence-electron chi connectivity index (χ2n) is 24.8. The van der Waals surface area contributed by atoms with E-state index in [1.165, 1.54) is 6.92 Å². The summed E-state index contributed by atoms with van der Waals surface area (Å²) in [6, 6.07) is 94.2. The summed E-state index contributed by atoms with van der Waals surface area (Å²) in [6.07, 6.45) is 11.0. The number of aromatic nitrogens is 4. The SMILES string of the molecule is CC(=O)CCC(=O)OCCCCCCCCCCCCO[C@H]1[C@@H](OC(c2ccccc2)(c2ccccc2)c2ccccc2)[C@H](n2cnc3c(NC(c4ccccc4)(c4ccccc4)c4ccccc4)ncnc32)O[C@@H]1COC(c1ccccc1)(c1ccccc1)c1ccccc1. The Morgan fingerprint density at radius 1 is 0.438 bits per heavy atom. The van der Waals surface area contributed by atoms with E-state index >= 15 is 0 Å². The van der Waals surface area contributed by atoms with Crippen molar-refractivity contribution in [2.75, 3.05) is 25.1 Å². The topological polar surface area (TPSA) is 136 Å². The fraction of sp³-hybridized carbons (Fsp3) is 0.274. The summed E-state index contributed by atoms with van der Waals surface area (Å²) in [5.74, 6) is 0.238. The molecule has 1 N–H and O–H groups in total. The number of benzene rings is 9. The summed E-state index contributed by atoms with van der Waals surface area (Å²) < 4.78 is 38.7. The highest BCUT2D eigenvalue weighted by Gasteiger charge is 2.54. The predicted octanol–water partition coefficient (Wildman–Crippen LogP) is 17.7.